The molecule has 0 aliphatic heterocycles. The number of hydrogen-bond donors (Lipinski definition) is 1. The van der Waals surface area contributed by atoms with Crippen molar-refractivity contribution < 1.29 is 9.84 Å². The summed E-state index contributed by atoms with van der Waals surface area (Å²) >= 11 is 0. The molecule has 0 spiro atoms. The van der Waals surface area contributed by atoms with Crippen LogP contribution in [0, 0.1) is 6.07 Å². The molecule has 0 saturated carbocycles. The van der Waals surface area contributed by atoms with Crippen LogP contribution in [-0.2, 0) is 0 Å². The summed E-state index contributed by atoms with van der Waals surface area (Å²) in [6.07, 6.45) is 0. The molecule has 1 N–H and O–H groups in total. The van der Waals surface area contributed by atoms with Gasteiger partial charge in [0.05, 0.1) is 6.61 Å². The highest BCUT2D eigenvalue weighted by molar-refractivity contribution is 5.36. The van der Waals surface area contributed by atoms with E-state index in [4.69, 9.17) is 9.84 Å². The van der Waals surface area contributed by atoms with E-state index in [9.17, 15) is 0 Å². The normalized spacial score (nSPS) is 9.30. The lowest BCUT2D eigenvalue weighted by atomic mass is 10.3. The Balaban J connectivity index is 2.81. The van der Waals surface area contributed by atoms with Gasteiger partial charge in [-0.1, -0.05) is 12.1 Å². The minimum atomic E-state index is 0.0735. The maximum absolute atomic E-state index is 9.06. The van der Waals surface area contributed by atoms with Gasteiger partial charge in [0.15, 0.2) is 11.5 Å². The molecule has 2 heteroatoms. The van der Waals surface area contributed by atoms with Crippen LogP contribution in [0.15, 0.2) is 18.2 Å². The van der Waals surface area contributed by atoms with Crippen molar-refractivity contribution in [3.63, 3.8) is 0 Å². The molecule has 10 heavy (non-hydrogen) atoms. The minimum Gasteiger partial charge on any atom is -0.504 e. The largest absolute Gasteiger partial charge is 0.504 e. The molecular weight excluding hydrogens is 128 g/mol. The summed E-state index contributed by atoms with van der Waals surface area (Å²) in [5.41, 5.74) is 0. The Morgan fingerprint density at radius 1 is 1.70 bits per heavy atom. The van der Waals surface area contributed by atoms with Crippen LogP contribution in [0.4, 0.5) is 0 Å². The van der Waals surface area contributed by atoms with Gasteiger partial charge in [0.1, 0.15) is 0 Å². The minimum absolute atomic E-state index is 0.0735. The highest BCUT2D eigenvalue weighted by atomic mass is 16.5. The highest BCUT2D eigenvalue weighted by Gasteiger charge is 1.96. The number of ether oxygens (including phenoxy) is 1. The molecule has 0 aromatic heterocycles. The van der Waals surface area contributed by atoms with Gasteiger partial charge >= 0.3 is 0 Å². The molecule has 0 aliphatic carbocycles. The molecule has 1 rings (SSSR count). The van der Waals surface area contributed by atoms with Gasteiger partial charge in [-0.05, 0) is 13.0 Å². The van der Waals surface area contributed by atoms with Gasteiger partial charge in [-0.15, -0.1) is 0 Å². The van der Waals surface area contributed by atoms with E-state index >= 15 is 0 Å². The fourth-order valence-electron chi connectivity index (χ4n) is 0.685. The molecule has 0 unspecified atom stereocenters. The Bertz CT molecular complexity index is 208. The summed E-state index contributed by atoms with van der Waals surface area (Å²) in [4.78, 5) is 0. The first-order chi connectivity index (χ1) is 4.84. The second-order valence-corrected chi connectivity index (χ2v) is 1.82. The quantitative estimate of drug-likeness (QED) is 0.670. The molecule has 0 atom stereocenters. The van der Waals surface area contributed by atoms with Crippen LogP contribution in [0.2, 0.25) is 0 Å². The van der Waals surface area contributed by atoms with Crippen LogP contribution in [-0.4, -0.2) is 11.7 Å². The predicted molar refractivity (Wildman–Crippen MR) is 38.1 cm³/mol. The lowest BCUT2D eigenvalue weighted by Crippen LogP contribution is -1.90. The zero-order valence-corrected chi connectivity index (χ0v) is 5.79. The molecule has 1 aromatic carbocycles. The smallest absolute Gasteiger partial charge is 0.165 e. The molecule has 1 aromatic rings. The number of para-hydroxylation sites is 1. The Kier molecular flexibility index (Phi) is 2.15. The van der Waals surface area contributed by atoms with Crippen molar-refractivity contribution in [2.45, 2.75) is 6.92 Å². The maximum Gasteiger partial charge on any atom is 0.165 e. The van der Waals surface area contributed by atoms with Crippen molar-refractivity contribution in [2.24, 2.45) is 0 Å². The molecular formula is C8H9O2. The first-order valence-electron chi connectivity index (χ1n) is 3.17. The number of phenolic OH excluding ortho intramolecular Hbond substituents is 1. The van der Waals surface area contributed by atoms with Crippen LogP contribution in [0.3, 0.4) is 0 Å². The van der Waals surface area contributed by atoms with E-state index in [1.165, 1.54) is 0 Å². The van der Waals surface area contributed by atoms with Gasteiger partial charge in [0, 0.05) is 6.07 Å². The third kappa shape index (κ3) is 1.41. The Hall–Kier alpha value is -1.18. The monoisotopic (exact) mass is 137 g/mol. The second kappa shape index (κ2) is 3.11. The molecule has 0 bridgehead atoms. The Labute approximate surface area is 60.1 Å². The van der Waals surface area contributed by atoms with E-state index in [0.29, 0.717) is 12.4 Å². The van der Waals surface area contributed by atoms with Crippen LogP contribution in [0.5, 0.6) is 11.5 Å². The standard InChI is InChI=1S/C8H9O2/c1-2-10-8-6-4-3-5-7(8)9/h3-4,6,9H,2H2,1H3. The average molecular weight is 137 g/mol. The summed E-state index contributed by atoms with van der Waals surface area (Å²) in [6, 6.07) is 7.72. The van der Waals surface area contributed by atoms with Gasteiger partial charge in [-0.3, -0.25) is 0 Å². The van der Waals surface area contributed by atoms with Crippen molar-refractivity contribution in [1.29, 1.82) is 0 Å². The van der Waals surface area contributed by atoms with Crippen molar-refractivity contribution in [1.82, 2.24) is 0 Å². The van der Waals surface area contributed by atoms with Crippen molar-refractivity contribution >= 4 is 0 Å². The maximum atomic E-state index is 9.06. The van der Waals surface area contributed by atoms with Crippen LogP contribution in [0.1, 0.15) is 6.92 Å². The van der Waals surface area contributed by atoms with Gasteiger partial charge in [-0.25, -0.2) is 0 Å². The molecule has 1 radical (unpaired) electrons. The Morgan fingerprint density at radius 3 is 3.10 bits per heavy atom. The first-order valence-corrected chi connectivity index (χ1v) is 3.17. The van der Waals surface area contributed by atoms with E-state index in [-0.39, 0.29) is 5.75 Å². The van der Waals surface area contributed by atoms with Crippen LogP contribution < -0.4 is 4.74 Å². The summed E-state index contributed by atoms with van der Waals surface area (Å²) in [7, 11) is 0. The number of hydrogen-bond acceptors (Lipinski definition) is 2. The molecule has 53 valence electrons. The summed E-state index contributed by atoms with van der Waals surface area (Å²) < 4.78 is 5.06. The zero-order valence-electron chi connectivity index (χ0n) is 5.79. The number of phenols is 1. The molecule has 0 heterocycles. The van der Waals surface area contributed by atoms with E-state index in [2.05, 4.69) is 6.07 Å². The van der Waals surface area contributed by atoms with Gasteiger partial charge in [0.25, 0.3) is 0 Å². The zero-order chi connectivity index (χ0) is 7.40. The first kappa shape index (κ1) is 6.93. The Morgan fingerprint density at radius 2 is 2.50 bits per heavy atom. The molecule has 0 saturated heterocycles. The van der Waals surface area contributed by atoms with Crippen LogP contribution >= 0.6 is 0 Å². The fourth-order valence-corrected chi connectivity index (χ4v) is 0.685. The number of rotatable bonds is 2. The van der Waals surface area contributed by atoms with Crippen molar-refractivity contribution in [3.8, 4) is 11.5 Å². The lowest BCUT2D eigenvalue weighted by Gasteiger charge is -2.02. The van der Waals surface area contributed by atoms with E-state index in [0.717, 1.165) is 0 Å². The summed E-state index contributed by atoms with van der Waals surface area (Å²) in [6.45, 7) is 2.43. The fraction of sp³-hybridized carbons (Fsp3) is 0.250. The van der Waals surface area contributed by atoms with E-state index in [1.54, 1.807) is 18.2 Å². The summed E-state index contributed by atoms with van der Waals surface area (Å²) in [5.74, 6) is 0.564. The highest BCUT2D eigenvalue weighted by Crippen LogP contribution is 2.23. The number of aromatic hydroxyl groups is 1. The molecule has 0 aliphatic rings. The van der Waals surface area contributed by atoms with Crippen molar-refractivity contribution in [2.75, 3.05) is 6.61 Å². The van der Waals surface area contributed by atoms with E-state index in [1.807, 2.05) is 6.92 Å². The average Bonchev–Trinajstić information content (AvgIpc) is 1.94. The van der Waals surface area contributed by atoms with Gasteiger partial charge in [-0.2, -0.15) is 0 Å². The predicted octanol–water partition coefficient (Wildman–Crippen LogP) is 1.59. The number of benzene rings is 1. The molecule has 0 fully saturated rings. The second-order valence-electron chi connectivity index (χ2n) is 1.82. The van der Waals surface area contributed by atoms with Crippen molar-refractivity contribution in [3.05, 3.63) is 24.3 Å². The topological polar surface area (TPSA) is 29.5 Å². The van der Waals surface area contributed by atoms with Gasteiger partial charge < -0.3 is 9.84 Å². The SMILES string of the molecule is CCOc1ccc[c]c1O. The van der Waals surface area contributed by atoms with Crippen LogP contribution in [0.25, 0.3) is 0 Å². The lowest BCUT2D eigenvalue weighted by molar-refractivity contribution is 0.318. The summed E-state index contributed by atoms with van der Waals surface area (Å²) in [5, 5.41) is 9.06. The van der Waals surface area contributed by atoms with E-state index < -0.39 is 0 Å². The third-order valence-electron chi connectivity index (χ3n) is 1.10. The third-order valence-corrected chi connectivity index (χ3v) is 1.10. The molecule has 0 amide bonds. The van der Waals surface area contributed by atoms with Gasteiger partial charge in [0.2, 0.25) is 0 Å². The molecule has 2 nitrogen and oxygen atoms in total.